The molecule has 0 aliphatic carbocycles. The van der Waals surface area contributed by atoms with Crippen LogP contribution in [0.25, 0.3) is 5.65 Å². The molecule has 6 heteroatoms. The van der Waals surface area contributed by atoms with Crippen molar-refractivity contribution < 1.29 is 9.53 Å². The van der Waals surface area contributed by atoms with E-state index < -0.39 is 0 Å². The first-order valence-electron chi connectivity index (χ1n) is 8.71. The van der Waals surface area contributed by atoms with Gasteiger partial charge in [0.2, 0.25) is 5.91 Å². The van der Waals surface area contributed by atoms with Crippen LogP contribution in [0, 0.1) is 20.8 Å². The normalized spacial score (nSPS) is 18.3. The Morgan fingerprint density at radius 2 is 2.17 bits per heavy atom. The van der Waals surface area contributed by atoms with Crippen molar-refractivity contribution in [3.63, 3.8) is 0 Å². The molecule has 0 saturated carbocycles. The summed E-state index contributed by atoms with van der Waals surface area (Å²) < 4.78 is 7.52. The maximum atomic E-state index is 12.6. The maximum Gasteiger partial charge on any atom is 0.223 e. The van der Waals surface area contributed by atoms with Crippen molar-refractivity contribution in [1.82, 2.24) is 19.5 Å². The smallest absolute Gasteiger partial charge is 0.223 e. The molecule has 3 heterocycles. The lowest BCUT2D eigenvalue weighted by atomic mass is 10.1. The minimum Gasteiger partial charge on any atom is -0.375 e. The van der Waals surface area contributed by atoms with E-state index in [1.165, 1.54) is 0 Å². The molecule has 2 aromatic rings. The topological polar surface area (TPSA) is 59.7 Å². The average Bonchev–Trinajstić information content (AvgIpc) is 2.95. The molecule has 24 heavy (non-hydrogen) atoms. The number of carbonyl (C=O) groups excluding carboxylic acids is 1. The van der Waals surface area contributed by atoms with Crippen LogP contribution in [0.4, 0.5) is 0 Å². The summed E-state index contributed by atoms with van der Waals surface area (Å²) in [7, 11) is 0. The molecule has 1 saturated heterocycles. The van der Waals surface area contributed by atoms with Crippen LogP contribution in [-0.4, -0.2) is 51.2 Å². The zero-order valence-corrected chi connectivity index (χ0v) is 15.0. The second-order valence-corrected chi connectivity index (χ2v) is 6.56. The number of ether oxygens (including phenoxy) is 1. The first-order valence-corrected chi connectivity index (χ1v) is 8.71. The molecule has 130 valence electrons. The number of aromatic nitrogens is 3. The lowest BCUT2D eigenvalue weighted by Crippen LogP contribution is -2.45. The van der Waals surface area contributed by atoms with Gasteiger partial charge in [-0.2, -0.15) is 5.10 Å². The van der Waals surface area contributed by atoms with E-state index in [1.54, 1.807) is 0 Å². The van der Waals surface area contributed by atoms with Gasteiger partial charge in [-0.15, -0.1) is 0 Å². The Hall–Kier alpha value is -1.95. The fourth-order valence-electron chi connectivity index (χ4n) is 3.39. The summed E-state index contributed by atoms with van der Waals surface area (Å²) in [5.74, 6) is 0.201. The van der Waals surface area contributed by atoms with Crippen LogP contribution >= 0.6 is 0 Å². The van der Waals surface area contributed by atoms with Crippen molar-refractivity contribution in [3.8, 4) is 0 Å². The van der Waals surface area contributed by atoms with Crippen LogP contribution < -0.4 is 0 Å². The van der Waals surface area contributed by atoms with E-state index >= 15 is 0 Å². The highest BCUT2D eigenvalue weighted by Crippen LogP contribution is 2.18. The molecule has 1 atom stereocenters. The van der Waals surface area contributed by atoms with Crippen LogP contribution in [0.15, 0.2) is 6.07 Å². The van der Waals surface area contributed by atoms with Crippen LogP contribution in [0.5, 0.6) is 0 Å². The third kappa shape index (κ3) is 3.29. The number of amides is 1. The highest BCUT2D eigenvalue weighted by molar-refractivity contribution is 5.76. The van der Waals surface area contributed by atoms with E-state index in [4.69, 9.17) is 4.74 Å². The van der Waals surface area contributed by atoms with Crippen molar-refractivity contribution in [2.24, 2.45) is 0 Å². The van der Waals surface area contributed by atoms with Crippen molar-refractivity contribution in [2.75, 3.05) is 19.7 Å². The molecule has 0 radical (unpaired) electrons. The highest BCUT2D eigenvalue weighted by atomic mass is 16.5. The van der Waals surface area contributed by atoms with Crippen molar-refractivity contribution >= 4 is 11.6 Å². The van der Waals surface area contributed by atoms with Gasteiger partial charge in [0, 0.05) is 37.0 Å². The van der Waals surface area contributed by atoms with Crippen LogP contribution in [0.3, 0.4) is 0 Å². The number of fused-ring (bicyclic) bond motifs is 1. The molecule has 1 aliphatic rings. The van der Waals surface area contributed by atoms with E-state index in [9.17, 15) is 4.79 Å². The Morgan fingerprint density at radius 1 is 1.38 bits per heavy atom. The summed E-state index contributed by atoms with van der Waals surface area (Å²) in [4.78, 5) is 19.1. The minimum atomic E-state index is 0.177. The van der Waals surface area contributed by atoms with Gasteiger partial charge < -0.3 is 9.64 Å². The second kappa shape index (κ2) is 6.89. The average molecular weight is 330 g/mol. The zero-order chi connectivity index (χ0) is 17.3. The van der Waals surface area contributed by atoms with Gasteiger partial charge in [-0.3, -0.25) is 4.79 Å². The van der Waals surface area contributed by atoms with E-state index in [2.05, 4.69) is 23.9 Å². The van der Waals surface area contributed by atoms with Gasteiger partial charge in [-0.1, -0.05) is 6.92 Å². The quantitative estimate of drug-likeness (QED) is 0.862. The Labute approximate surface area is 142 Å². The molecule has 1 amide bonds. The van der Waals surface area contributed by atoms with E-state index in [-0.39, 0.29) is 12.0 Å². The van der Waals surface area contributed by atoms with E-state index in [0.29, 0.717) is 32.5 Å². The summed E-state index contributed by atoms with van der Waals surface area (Å²) in [5.41, 5.74) is 5.01. The van der Waals surface area contributed by atoms with E-state index in [0.717, 1.165) is 34.7 Å². The number of aryl methyl sites for hydroxylation is 3. The monoisotopic (exact) mass is 330 g/mol. The third-order valence-corrected chi connectivity index (χ3v) is 4.82. The molecule has 2 aromatic heterocycles. The van der Waals surface area contributed by atoms with Crippen molar-refractivity contribution in [1.29, 1.82) is 0 Å². The van der Waals surface area contributed by atoms with Crippen molar-refractivity contribution in [3.05, 3.63) is 28.7 Å². The summed E-state index contributed by atoms with van der Waals surface area (Å²) >= 11 is 0. The van der Waals surface area contributed by atoms with E-state index in [1.807, 2.05) is 29.3 Å². The highest BCUT2D eigenvalue weighted by Gasteiger charge is 2.23. The first-order chi connectivity index (χ1) is 11.5. The van der Waals surface area contributed by atoms with Gasteiger partial charge in [-0.25, -0.2) is 9.50 Å². The van der Waals surface area contributed by atoms with Gasteiger partial charge in [0.25, 0.3) is 0 Å². The molecule has 0 spiro atoms. The van der Waals surface area contributed by atoms with Gasteiger partial charge in [0.1, 0.15) is 0 Å². The number of carbonyl (C=O) groups is 1. The van der Waals surface area contributed by atoms with Gasteiger partial charge in [-0.05, 0) is 39.2 Å². The molecule has 3 rings (SSSR count). The van der Waals surface area contributed by atoms with Crippen LogP contribution in [-0.2, 0) is 16.0 Å². The number of nitrogens with zero attached hydrogens (tertiary/aromatic N) is 4. The standard InChI is InChI=1S/C18H26N4O2/c1-5-15-11-21(8-9-24-15)18(23)7-6-16-13(3)19-17-10-12(2)20-22(17)14(16)4/h10,15H,5-9,11H2,1-4H3/t15-/m0/s1. The largest absolute Gasteiger partial charge is 0.375 e. The minimum absolute atomic E-state index is 0.177. The lowest BCUT2D eigenvalue weighted by Gasteiger charge is -2.32. The lowest BCUT2D eigenvalue weighted by molar-refractivity contribution is -0.138. The molecule has 1 fully saturated rings. The summed E-state index contributed by atoms with van der Waals surface area (Å²) in [6.45, 7) is 10.2. The van der Waals surface area contributed by atoms with Gasteiger partial charge in [0.05, 0.1) is 18.4 Å². The first kappa shape index (κ1) is 16.9. The maximum absolute atomic E-state index is 12.6. The van der Waals surface area contributed by atoms with Crippen LogP contribution in [0.2, 0.25) is 0 Å². The predicted molar refractivity (Wildman–Crippen MR) is 92.1 cm³/mol. The van der Waals surface area contributed by atoms with Crippen molar-refractivity contribution in [2.45, 2.75) is 53.1 Å². The molecule has 0 unspecified atom stereocenters. The Morgan fingerprint density at radius 3 is 2.92 bits per heavy atom. The Balaban J connectivity index is 1.72. The number of morpholine rings is 1. The molecule has 1 aliphatic heterocycles. The number of hydrogen-bond acceptors (Lipinski definition) is 4. The fourth-order valence-corrected chi connectivity index (χ4v) is 3.39. The predicted octanol–water partition coefficient (Wildman–Crippen LogP) is 2.22. The Kier molecular flexibility index (Phi) is 4.85. The van der Waals surface area contributed by atoms with Gasteiger partial charge in [0.15, 0.2) is 5.65 Å². The zero-order valence-electron chi connectivity index (χ0n) is 15.0. The fraction of sp³-hybridized carbons (Fsp3) is 0.611. The number of rotatable bonds is 4. The second-order valence-electron chi connectivity index (χ2n) is 6.56. The summed E-state index contributed by atoms with van der Waals surface area (Å²) in [6, 6.07) is 1.98. The molecule has 0 bridgehead atoms. The summed E-state index contributed by atoms with van der Waals surface area (Å²) in [6.07, 6.45) is 2.33. The number of hydrogen-bond donors (Lipinski definition) is 0. The molecule has 0 N–H and O–H groups in total. The summed E-state index contributed by atoms with van der Waals surface area (Å²) in [5, 5.41) is 4.49. The molecular formula is C18H26N4O2. The van der Waals surface area contributed by atoms with Gasteiger partial charge >= 0.3 is 0 Å². The molecule has 0 aromatic carbocycles. The molecular weight excluding hydrogens is 304 g/mol. The third-order valence-electron chi connectivity index (χ3n) is 4.82. The van der Waals surface area contributed by atoms with Crippen LogP contribution in [0.1, 0.15) is 42.4 Å². The Bertz CT molecular complexity index is 753. The molecule has 6 nitrogen and oxygen atoms in total. The SMILES string of the molecule is CC[C@H]1CN(C(=O)CCc2c(C)nc3cc(C)nn3c2C)CCO1.